The Hall–Kier alpha value is -1.83. The number of ether oxygens (including phenoxy) is 2. The van der Waals surface area contributed by atoms with Crippen LogP contribution in [0.2, 0.25) is 0 Å². The topological polar surface area (TPSA) is 88.7 Å². The summed E-state index contributed by atoms with van der Waals surface area (Å²) in [5.74, 6) is 0.369. The number of carbonyl (C=O) groups excluding carboxylic acids is 2. The van der Waals surface area contributed by atoms with Crippen molar-refractivity contribution in [3.63, 3.8) is 0 Å². The van der Waals surface area contributed by atoms with Crippen LogP contribution in [0.1, 0.15) is 18.5 Å². The summed E-state index contributed by atoms with van der Waals surface area (Å²) in [6, 6.07) is 5.32. The quantitative estimate of drug-likeness (QED) is 0.639. The second-order valence-electron chi connectivity index (χ2n) is 5.05. The van der Waals surface area contributed by atoms with E-state index in [2.05, 4.69) is 16.0 Å². The number of nitrogens with one attached hydrogen (secondary N) is 3. The lowest BCUT2D eigenvalue weighted by Gasteiger charge is -2.21. The SMILES string of the molecule is COCCNCC(=O)NC(C)c1ccc2c(c1)NC(=O)CO2.Cl. The molecular formula is C15H22ClN3O4. The van der Waals surface area contributed by atoms with Gasteiger partial charge in [-0.25, -0.2) is 0 Å². The number of halogens is 1. The Morgan fingerprint density at radius 3 is 3.00 bits per heavy atom. The smallest absolute Gasteiger partial charge is 0.262 e. The Balaban J connectivity index is 0.00000264. The van der Waals surface area contributed by atoms with E-state index in [0.29, 0.717) is 24.6 Å². The second kappa shape index (κ2) is 9.34. The van der Waals surface area contributed by atoms with E-state index in [1.54, 1.807) is 13.2 Å². The zero-order chi connectivity index (χ0) is 15.9. The summed E-state index contributed by atoms with van der Waals surface area (Å²) >= 11 is 0. The third-order valence-electron chi connectivity index (χ3n) is 3.28. The Morgan fingerprint density at radius 2 is 2.26 bits per heavy atom. The monoisotopic (exact) mass is 343 g/mol. The molecule has 3 N–H and O–H groups in total. The molecule has 2 rings (SSSR count). The van der Waals surface area contributed by atoms with E-state index in [0.717, 1.165) is 5.56 Å². The number of amides is 2. The van der Waals surface area contributed by atoms with Crippen LogP contribution in [0.5, 0.6) is 5.75 Å². The molecular weight excluding hydrogens is 322 g/mol. The summed E-state index contributed by atoms with van der Waals surface area (Å²) in [4.78, 5) is 23.2. The summed E-state index contributed by atoms with van der Waals surface area (Å²) in [5.41, 5.74) is 1.53. The maximum absolute atomic E-state index is 11.8. The molecule has 0 fully saturated rings. The maximum atomic E-state index is 11.8. The molecule has 0 saturated heterocycles. The van der Waals surface area contributed by atoms with Crippen molar-refractivity contribution in [3.05, 3.63) is 23.8 Å². The predicted octanol–water partition coefficient (Wildman–Crippen LogP) is 0.853. The average Bonchev–Trinajstić information content (AvgIpc) is 2.50. The lowest BCUT2D eigenvalue weighted by Crippen LogP contribution is -2.36. The molecule has 0 spiro atoms. The molecule has 1 heterocycles. The van der Waals surface area contributed by atoms with Gasteiger partial charge in [-0.3, -0.25) is 9.59 Å². The molecule has 1 unspecified atom stereocenters. The molecule has 23 heavy (non-hydrogen) atoms. The highest BCUT2D eigenvalue weighted by Gasteiger charge is 2.18. The van der Waals surface area contributed by atoms with Crippen LogP contribution in [-0.2, 0) is 14.3 Å². The minimum atomic E-state index is -0.177. The first-order valence-electron chi connectivity index (χ1n) is 7.15. The molecule has 0 aromatic heterocycles. The first-order valence-corrected chi connectivity index (χ1v) is 7.15. The zero-order valence-electron chi connectivity index (χ0n) is 13.2. The Bertz CT molecular complexity index is 554. The second-order valence-corrected chi connectivity index (χ2v) is 5.05. The number of hydrogen-bond acceptors (Lipinski definition) is 5. The molecule has 1 atom stereocenters. The Kier molecular flexibility index (Phi) is 7.80. The number of fused-ring (bicyclic) bond motifs is 1. The van der Waals surface area contributed by atoms with E-state index in [1.807, 2.05) is 19.1 Å². The highest BCUT2D eigenvalue weighted by molar-refractivity contribution is 5.95. The van der Waals surface area contributed by atoms with Gasteiger partial charge in [-0.15, -0.1) is 12.4 Å². The normalized spacial score (nSPS) is 13.9. The summed E-state index contributed by atoms with van der Waals surface area (Å²) in [7, 11) is 1.61. The van der Waals surface area contributed by atoms with Crippen molar-refractivity contribution in [1.82, 2.24) is 10.6 Å². The molecule has 1 aliphatic heterocycles. The molecule has 0 saturated carbocycles. The van der Waals surface area contributed by atoms with Crippen molar-refractivity contribution in [1.29, 1.82) is 0 Å². The van der Waals surface area contributed by atoms with E-state index < -0.39 is 0 Å². The molecule has 1 aromatic carbocycles. The Morgan fingerprint density at radius 1 is 1.48 bits per heavy atom. The highest BCUT2D eigenvalue weighted by atomic mass is 35.5. The molecule has 0 aliphatic carbocycles. The van der Waals surface area contributed by atoms with Crippen molar-refractivity contribution >= 4 is 29.9 Å². The van der Waals surface area contributed by atoms with Crippen LogP contribution < -0.4 is 20.7 Å². The van der Waals surface area contributed by atoms with Gasteiger partial charge in [-0.2, -0.15) is 0 Å². The van der Waals surface area contributed by atoms with E-state index in [4.69, 9.17) is 9.47 Å². The van der Waals surface area contributed by atoms with Gasteiger partial charge in [0, 0.05) is 13.7 Å². The van der Waals surface area contributed by atoms with E-state index >= 15 is 0 Å². The van der Waals surface area contributed by atoms with Gasteiger partial charge in [0.1, 0.15) is 5.75 Å². The summed E-state index contributed by atoms with van der Waals surface area (Å²) in [5, 5.41) is 8.63. The number of anilines is 1. The Labute approximate surface area is 141 Å². The summed E-state index contributed by atoms with van der Waals surface area (Å²) < 4.78 is 10.2. The van der Waals surface area contributed by atoms with Crippen LogP contribution in [0.15, 0.2) is 18.2 Å². The van der Waals surface area contributed by atoms with Gasteiger partial charge in [-0.05, 0) is 24.6 Å². The fourth-order valence-corrected chi connectivity index (χ4v) is 2.12. The first kappa shape index (κ1) is 19.2. The molecule has 2 amide bonds. The van der Waals surface area contributed by atoms with Crippen LogP contribution in [-0.4, -0.2) is 45.2 Å². The van der Waals surface area contributed by atoms with Crippen LogP contribution in [0.25, 0.3) is 0 Å². The molecule has 0 bridgehead atoms. The molecule has 0 radical (unpaired) electrons. The van der Waals surface area contributed by atoms with Crippen molar-refractivity contribution < 1.29 is 19.1 Å². The molecule has 7 nitrogen and oxygen atoms in total. The summed E-state index contributed by atoms with van der Waals surface area (Å²) in [6.07, 6.45) is 0. The number of benzene rings is 1. The number of carbonyl (C=O) groups is 2. The van der Waals surface area contributed by atoms with Crippen molar-refractivity contribution in [2.24, 2.45) is 0 Å². The van der Waals surface area contributed by atoms with E-state index in [-0.39, 0.29) is 43.4 Å². The standard InChI is InChI=1S/C15H21N3O4.ClH/c1-10(17-14(19)8-16-5-6-21-2)11-3-4-13-12(7-11)18-15(20)9-22-13;/h3-4,7,10,16H,5-6,8-9H2,1-2H3,(H,17,19)(H,18,20);1H. The number of methoxy groups -OCH3 is 1. The maximum Gasteiger partial charge on any atom is 0.262 e. The zero-order valence-corrected chi connectivity index (χ0v) is 14.0. The predicted molar refractivity (Wildman–Crippen MR) is 89.1 cm³/mol. The van der Waals surface area contributed by atoms with Gasteiger partial charge in [-0.1, -0.05) is 6.07 Å². The van der Waals surface area contributed by atoms with Gasteiger partial charge < -0.3 is 25.4 Å². The number of hydrogen-bond donors (Lipinski definition) is 3. The lowest BCUT2D eigenvalue weighted by atomic mass is 10.1. The molecule has 1 aliphatic rings. The summed E-state index contributed by atoms with van der Waals surface area (Å²) in [6.45, 7) is 3.35. The third kappa shape index (κ3) is 5.70. The fraction of sp³-hybridized carbons (Fsp3) is 0.467. The van der Waals surface area contributed by atoms with Gasteiger partial charge in [0.2, 0.25) is 5.91 Å². The molecule has 1 aromatic rings. The lowest BCUT2D eigenvalue weighted by molar-refractivity contribution is -0.121. The van der Waals surface area contributed by atoms with Gasteiger partial charge in [0.05, 0.1) is 24.9 Å². The van der Waals surface area contributed by atoms with Crippen LogP contribution in [0, 0.1) is 0 Å². The van der Waals surface area contributed by atoms with Crippen LogP contribution in [0.4, 0.5) is 5.69 Å². The molecule has 8 heteroatoms. The fourth-order valence-electron chi connectivity index (χ4n) is 2.12. The van der Waals surface area contributed by atoms with Crippen molar-refractivity contribution in [2.75, 3.05) is 38.7 Å². The van der Waals surface area contributed by atoms with Crippen molar-refractivity contribution in [3.8, 4) is 5.75 Å². The minimum absolute atomic E-state index is 0. The van der Waals surface area contributed by atoms with Crippen molar-refractivity contribution in [2.45, 2.75) is 13.0 Å². The van der Waals surface area contributed by atoms with Gasteiger partial charge in [0.15, 0.2) is 6.61 Å². The number of rotatable bonds is 7. The van der Waals surface area contributed by atoms with Gasteiger partial charge in [0.25, 0.3) is 5.91 Å². The average molecular weight is 344 g/mol. The third-order valence-corrected chi connectivity index (χ3v) is 3.28. The first-order chi connectivity index (χ1) is 10.6. The largest absolute Gasteiger partial charge is 0.482 e. The minimum Gasteiger partial charge on any atom is -0.482 e. The highest BCUT2D eigenvalue weighted by Crippen LogP contribution is 2.30. The molecule has 128 valence electrons. The van der Waals surface area contributed by atoms with Crippen LogP contribution in [0.3, 0.4) is 0 Å². The van der Waals surface area contributed by atoms with Crippen LogP contribution >= 0.6 is 12.4 Å². The van der Waals surface area contributed by atoms with E-state index in [1.165, 1.54) is 0 Å². The van der Waals surface area contributed by atoms with E-state index in [9.17, 15) is 9.59 Å². The van der Waals surface area contributed by atoms with Gasteiger partial charge >= 0.3 is 0 Å².